The maximum Gasteiger partial charge on any atom is 0.0812 e. The minimum atomic E-state index is -0.508. The lowest BCUT2D eigenvalue weighted by atomic mass is 9.70. The third kappa shape index (κ3) is 1.73. The molecule has 1 aliphatic heterocycles. The van der Waals surface area contributed by atoms with Crippen molar-refractivity contribution in [3.8, 4) is 0 Å². The molecule has 0 aromatic rings. The van der Waals surface area contributed by atoms with Crippen LogP contribution in [0.4, 0.5) is 0 Å². The van der Waals surface area contributed by atoms with Gasteiger partial charge in [0.1, 0.15) is 0 Å². The number of hydrogen-bond donors (Lipinski definition) is 3. The maximum absolute atomic E-state index is 10.3. The molecule has 3 unspecified atom stereocenters. The second kappa shape index (κ2) is 3.56. The third-order valence-electron chi connectivity index (χ3n) is 3.72. The molecule has 0 aromatic heterocycles. The number of nitrogens with two attached hydrogens (primary N) is 1. The molecule has 2 bridgehead atoms. The first kappa shape index (κ1) is 9.44. The van der Waals surface area contributed by atoms with E-state index in [1.165, 1.54) is 12.8 Å². The van der Waals surface area contributed by atoms with Gasteiger partial charge in [0.05, 0.1) is 5.60 Å². The van der Waals surface area contributed by atoms with Gasteiger partial charge in [0.15, 0.2) is 0 Å². The van der Waals surface area contributed by atoms with Crippen LogP contribution in [0.1, 0.15) is 32.1 Å². The van der Waals surface area contributed by atoms with E-state index in [0.29, 0.717) is 12.6 Å². The van der Waals surface area contributed by atoms with Crippen LogP contribution in [0, 0.1) is 5.92 Å². The third-order valence-corrected chi connectivity index (χ3v) is 3.72. The van der Waals surface area contributed by atoms with E-state index in [1.54, 1.807) is 0 Å². The van der Waals surface area contributed by atoms with Crippen molar-refractivity contribution in [2.75, 3.05) is 13.1 Å². The number of aliphatic hydroxyl groups is 1. The fourth-order valence-electron chi connectivity index (χ4n) is 2.85. The molecule has 1 saturated heterocycles. The highest BCUT2D eigenvalue weighted by molar-refractivity contribution is 4.99. The van der Waals surface area contributed by atoms with Crippen molar-refractivity contribution in [2.24, 2.45) is 11.7 Å². The topological polar surface area (TPSA) is 58.3 Å². The Morgan fingerprint density at radius 3 is 3.08 bits per heavy atom. The van der Waals surface area contributed by atoms with Crippen LogP contribution < -0.4 is 11.1 Å². The van der Waals surface area contributed by atoms with Gasteiger partial charge in [-0.2, -0.15) is 0 Å². The van der Waals surface area contributed by atoms with Gasteiger partial charge in [0.25, 0.3) is 0 Å². The van der Waals surface area contributed by atoms with Crippen LogP contribution in [0.25, 0.3) is 0 Å². The highest BCUT2D eigenvalue weighted by Gasteiger charge is 2.42. The number of hydrogen-bond acceptors (Lipinski definition) is 3. The Bertz CT molecular complexity index is 186. The molecule has 0 spiro atoms. The van der Waals surface area contributed by atoms with E-state index < -0.39 is 5.60 Å². The Hall–Kier alpha value is -0.120. The summed E-state index contributed by atoms with van der Waals surface area (Å²) in [4.78, 5) is 0. The molecule has 0 aromatic carbocycles. The van der Waals surface area contributed by atoms with Crippen molar-refractivity contribution in [1.29, 1.82) is 0 Å². The predicted molar refractivity (Wildman–Crippen MR) is 52.4 cm³/mol. The first-order chi connectivity index (χ1) is 6.24. The molecule has 1 aliphatic carbocycles. The van der Waals surface area contributed by atoms with E-state index in [0.717, 1.165) is 31.7 Å². The molecule has 1 saturated carbocycles. The molecule has 2 rings (SSSR count). The van der Waals surface area contributed by atoms with E-state index in [4.69, 9.17) is 5.73 Å². The maximum atomic E-state index is 10.3. The molecule has 1 heterocycles. The molecule has 0 amide bonds. The molecule has 13 heavy (non-hydrogen) atoms. The van der Waals surface area contributed by atoms with Crippen LogP contribution in [-0.4, -0.2) is 29.8 Å². The SMILES string of the molecule is NCCC1(O)CCC2CCNC1C2. The largest absolute Gasteiger partial charge is 0.388 e. The van der Waals surface area contributed by atoms with Gasteiger partial charge < -0.3 is 16.2 Å². The van der Waals surface area contributed by atoms with E-state index in [9.17, 15) is 5.11 Å². The lowest BCUT2D eigenvalue weighted by molar-refractivity contribution is -0.0562. The van der Waals surface area contributed by atoms with Crippen molar-refractivity contribution >= 4 is 0 Å². The fraction of sp³-hybridized carbons (Fsp3) is 1.00. The van der Waals surface area contributed by atoms with Gasteiger partial charge in [0, 0.05) is 6.04 Å². The lowest BCUT2D eigenvalue weighted by Gasteiger charge is -2.46. The highest BCUT2D eigenvalue weighted by Crippen LogP contribution is 2.37. The van der Waals surface area contributed by atoms with Crippen molar-refractivity contribution < 1.29 is 5.11 Å². The molecule has 3 atom stereocenters. The normalized spacial score (nSPS) is 44.8. The number of nitrogens with one attached hydrogen (secondary N) is 1. The summed E-state index contributed by atoms with van der Waals surface area (Å²) in [7, 11) is 0. The average molecular weight is 184 g/mol. The fourth-order valence-corrected chi connectivity index (χ4v) is 2.85. The van der Waals surface area contributed by atoms with Crippen LogP contribution in [0.3, 0.4) is 0 Å². The van der Waals surface area contributed by atoms with Gasteiger partial charge in [-0.1, -0.05) is 0 Å². The molecular weight excluding hydrogens is 164 g/mol. The minimum Gasteiger partial charge on any atom is -0.388 e. The Morgan fingerprint density at radius 1 is 1.46 bits per heavy atom. The summed E-state index contributed by atoms with van der Waals surface area (Å²) < 4.78 is 0. The Kier molecular flexibility index (Phi) is 2.58. The molecule has 4 N–H and O–H groups in total. The summed E-state index contributed by atoms with van der Waals surface area (Å²) >= 11 is 0. The Labute approximate surface area is 79.7 Å². The first-order valence-corrected chi connectivity index (χ1v) is 5.40. The zero-order valence-electron chi connectivity index (χ0n) is 8.13. The summed E-state index contributed by atoms with van der Waals surface area (Å²) in [6.45, 7) is 1.67. The molecule has 3 nitrogen and oxygen atoms in total. The standard InChI is InChI=1S/C10H20N2O/c11-5-4-10(13)3-1-8-2-6-12-9(10)7-8/h8-9,12-13H,1-7,11H2. The van der Waals surface area contributed by atoms with Crippen molar-refractivity contribution in [2.45, 2.75) is 43.7 Å². The number of piperidine rings is 1. The smallest absolute Gasteiger partial charge is 0.0812 e. The van der Waals surface area contributed by atoms with Crippen LogP contribution in [0.5, 0.6) is 0 Å². The zero-order valence-corrected chi connectivity index (χ0v) is 8.13. The molecule has 2 fully saturated rings. The summed E-state index contributed by atoms with van der Waals surface area (Å²) in [6, 6.07) is 0.309. The summed E-state index contributed by atoms with van der Waals surface area (Å²) in [5.74, 6) is 0.851. The van der Waals surface area contributed by atoms with E-state index in [-0.39, 0.29) is 0 Å². The second-order valence-electron chi connectivity index (χ2n) is 4.58. The summed E-state index contributed by atoms with van der Waals surface area (Å²) in [6.07, 6.45) is 5.31. The molecule has 2 aliphatic rings. The van der Waals surface area contributed by atoms with Crippen molar-refractivity contribution in [3.05, 3.63) is 0 Å². The zero-order chi connectivity index (χ0) is 9.31. The van der Waals surface area contributed by atoms with E-state index >= 15 is 0 Å². The van der Waals surface area contributed by atoms with Crippen molar-refractivity contribution in [3.63, 3.8) is 0 Å². The number of fused-ring (bicyclic) bond motifs is 2. The average Bonchev–Trinajstić information content (AvgIpc) is 2.14. The predicted octanol–water partition coefficient (Wildman–Crippen LogP) is 0.228. The van der Waals surface area contributed by atoms with Crippen LogP contribution in [0.15, 0.2) is 0 Å². The highest BCUT2D eigenvalue weighted by atomic mass is 16.3. The summed E-state index contributed by atoms with van der Waals surface area (Å²) in [5, 5.41) is 13.8. The quantitative estimate of drug-likeness (QED) is 0.576. The van der Waals surface area contributed by atoms with Gasteiger partial charge in [-0.05, 0) is 51.1 Å². The Morgan fingerprint density at radius 2 is 2.31 bits per heavy atom. The van der Waals surface area contributed by atoms with Crippen LogP contribution in [0.2, 0.25) is 0 Å². The van der Waals surface area contributed by atoms with Crippen LogP contribution in [-0.2, 0) is 0 Å². The first-order valence-electron chi connectivity index (χ1n) is 5.40. The van der Waals surface area contributed by atoms with Gasteiger partial charge in [0.2, 0.25) is 0 Å². The monoisotopic (exact) mass is 184 g/mol. The van der Waals surface area contributed by atoms with Gasteiger partial charge in [-0.3, -0.25) is 0 Å². The number of rotatable bonds is 2. The van der Waals surface area contributed by atoms with Gasteiger partial charge in [-0.15, -0.1) is 0 Å². The van der Waals surface area contributed by atoms with Crippen molar-refractivity contribution in [1.82, 2.24) is 5.32 Å². The lowest BCUT2D eigenvalue weighted by Crippen LogP contribution is -2.58. The minimum absolute atomic E-state index is 0.309. The van der Waals surface area contributed by atoms with Gasteiger partial charge >= 0.3 is 0 Å². The van der Waals surface area contributed by atoms with Crippen LogP contribution >= 0.6 is 0 Å². The van der Waals surface area contributed by atoms with Gasteiger partial charge in [-0.25, -0.2) is 0 Å². The second-order valence-corrected chi connectivity index (χ2v) is 4.58. The molecule has 0 radical (unpaired) electrons. The van der Waals surface area contributed by atoms with E-state index in [2.05, 4.69) is 5.32 Å². The summed E-state index contributed by atoms with van der Waals surface area (Å²) in [5.41, 5.74) is 5.02. The van der Waals surface area contributed by atoms with E-state index in [1.807, 2.05) is 0 Å². The Balaban J connectivity index is 2.03. The molecule has 3 heteroatoms. The molecular formula is C10H20N2O. The molecule has 76 valence electrons.